The number of esters is 1. The lowest BCUT2D eigenvalue weighted by Gasteiger charge is -2.22. The minimum atomic E-state index is -1.51. The van der Waals surface area contributed by atoms with Gasteiger partial charge in [-0.1, -0.05) is 82.8 Å². The van der Waals surface area contributed by atoms with Crippen LogP contribution < -0.4 is 10.6 Å². The van der Waals surface area contributed by atoms with Crippen molar-refractivity contribution in [2.75, 3.05) is 23.5 Å². The Morgan fingerprint density at radius 3 is 2.28 bits per heavy atom. The highest BCUT2D eigenvalue weighted by Gasteiger charge is 2.31. The van der Waals surface area contributed by atoms with Gasteiger partial charge >= 0.3 is 11.9 Å². The molecule has 1 heterocycles. The van der Waals surface area contributed by atoms with Crippen molar-refractivity contribution in [1.82, 2.24) is 0 Å². The summed E-state index contributed by atoms with van der Waals surface area (Å²) in [6.07, 6.45) is 2.35. The fraction of sp³-hybridized carbons (Fsp3) is 0.188. The second-order valence-corrected chi connectivity index (χ2v) is 13.8. The lowest BCUT2D eigenvalue weighted by atomic mass is 9.83. The fourth-order valence-corrected chi connectivity index (χ4v) is 8.32. The van der Waals surface area contributed by atoms with Gasteiger partial charge in [0.2, 0.25) is 5.91 Å². The highest BCUT2D eigenvalue weighted by atomic mass is 35.5. The molecule has 0 spiro atoms. The molecular weight excluding hydrogens is 714 g/mol. The zero-order valence-electron chi connectivity index (χ0n) is 23.9. The van der Waals surface area contributed by atoms with E-state index in [9.17, 15) is 24.3 Å². The number of carboxylic acid groups (broad SMARTS) is 1. The maximum Gasteiger partial charge on any atom is 0.341 e. The van der Waals surface area contributed by atoms with Gasteiger partial charge in [-0.15, -0.1) is 23.1 Å². The third kappa shape index (κ3) is 7.17. The maximum absolute atomic E-state index is 13.1. The maximum atomic E-state index is 13.1. The number of hydrogen-bond donors (Lipinski definition) is 3. The number of carbonyl (C=O) groups excluding carboxylic acids is 3. The summed E-state index contributed by atoms with van der Waals surface area (Å²) in [4.78, 5) is 52.5. The third-order valence-corrected chi connectivity index (χ3v) is 11.3. The molecule has 0 radical (unpaired) electrons. The molecule has 4 aromatic rings. The predicted octanol–water partition coefficient (Wildman–Crippen LogP) is 9.10. The van der Waals surface area contributed by atoms with Crippen molar-refractivity contribution in [2.24, 2.45) is 0 Å². The van der Waals surface area contributed by atoms with E-state index < -0.39 is 34.0 Å². The van der Waals surface area contributed by atoms with Gasteiger partial charge in [0.25, 0.3) is 5.91 Å². The topological polar surface area (TPSA) is 122 Å². The molecular formula is C32H24Cl4N2O6S2. The van der Waals surface area contributed by atoms with Gasteiger partial charge in [0, 0.05) is 15.5 Å². The molecule has 8 nitrogen and oxygen atoms in total. The number of aromatic carboxylic acids is 1. The lowest BCUT2D eigenvalue weighted by molar-refractivity contribution is -0.113. The van der Waals surface area contributed by atoms with E-state index in [1.54, 1.807) is 24.3 Å². The van der Waals surface area contributed by atoms with Crippen LogP contribution in [-0.2, 0) is 22.4 Å². The molecule has 0 aliphatic heterocycles. The Balaban J connectivity index is 1.28. The van der Waals surface area contributed by atoms with Crippen molar-refractivity contribution in [3.8, 4) is 0 Å². The fourth-order valence-electron chi connectivity index (χ4n) is 5.22. The number of hydrogen-bond acceptors (Lipinski definition) is 7. The number of ether oxygens (including phenoxy) is 1. The number of amides is 2. The number of fused-ring (bicyclic) bond motifs is 1. The summed E-state index contributed by atoms with van der Waals surface area (Å²) in [5.74, 6) is -2.86. The van der Waals surface area contributed by atoms with Gasteiger partial charge in [-0.2, -0.15) is 0 Å². The Bertz CT molecular complexity index is 1870. The molecule has 1 aliphatic carbocycles. The molecule has 0 saturated heterocycles. The zero-order valence-corrected chi connectivity index (χ0v) is 28.6. The smallest absolute Gasteiger partial charge is 0.341 e. The van der Waals surface area contributed by atoms with Crippen molar-refractivity contribution in [3.63, 3.8) is 0 Å². The molecule has 2 amide bonds. The van der Waals surface area contributed by atoms with E-state index in [1.165, 1.54) is 35.8 Å². The summed E-state index contributed by atoms with van der Waals surface area (Å²) >= 11 is 26.9. The van der Waals surface area contributed by atoms with E-state index in [2.05, 4.69) is 22.8 Å². The van der Waals surface area contributed by atoms with Crippen LogP contribution >= 0.6 is 69.5 Å². The van der Waals surface area contributed by atoms with E-state index in [0.717, 1.165) is 23.3 Å². The van der Waals surface area contributed by atoms with Gasteiger partial charge in [-0.25, -0.2) is 9.59 Å². The molecule has 1 aromatic heterocycles. The van der Waals surface area contributed by atoms with Gasteiger partial charge < -0.3 is 20.5 Å². The van der Waals surface area contributed by atoms with Crippen molar-refractivity contribution in [2.45, 2.75) is 30.1 Å². The normalized spacial score (nSPS) is 13.9. The first kappa shape index (κ1) is 34.1. The van der Waals surface area contributed by atoms with Gasteiger partial charge in [0.05, 0.1) is 49.6 Å². The SMILES string of the molecule is COC(=O)c1c(NC(=O)CSc2cccc(NC(=O)c3c(Cl)c(Cl)c(Cl)c(Cl)c3C(=O)O)c2)sc2c1CCC(c1ccccc1)C2. The zero-order chi connectivity index (χ0) is 33.1. The highest BCUT2D eigenvalue weighted by Crippen LogP contribution is 2.44. The van der Waals surface area contributed by atoms with E-state index >= 15 is 0 Å². The predicted molar refractivity (Wildman–Crippen MR) is 184 cm³/mol. The van der Waals surface area contributed by atoms with E-state index in [1.807, 2.05) is 18.2 Å². The lowest BCUT2D eigenvalue weighted by Crippen LogP contribution is -2.18. The Hall–Kier alpha value is -3.25. The number of carboxylic acids is 1. The minimum Gasteiger partial charge on any atom is -0.478 e. The third-order valence-electron chi connectivity index (χ3n) is 7.35. The number of methoxy groups -OCH3 is 1. The number of halogens is 4. The van der Waals surface area contributed by atoms with Crippen LogP contribution in [0.2, 0.25) is 20.1 Å². The average molecular weight is 738 g/mol. The van der Waals surface area contributed by atoms with E-state index in [0.29, 0.717) is 33.5 Å². The molecule has 14 heteroatoms. The molecule has 0 fully saturated rings. The van der Waals surface area contributed by atoms with Crippen LogP contribution in [0.4, 0.5) is 10.7 Å². The molecule has 46 heavy (non-hydrogen) atoms. The molecule has 0 bridgehead atoms. The van der Waals surface area contributed by atoms with Crippen LogP contribution in [0.1, 0.15) is 59.4 Å². The molecule has 0 saturated carbocycles. The molecule has 1 aliphatic rings. The van der Waals surface area contributed by atoms with Crippen LogP contribution in [-0.4, -0.2) is 41.7 Å². The molecule has 5 rings (SSSR count). The molecule has 3 N–H and O–H groups in total. The van der Waals surface area contributed by atoms with Crippen LogP contribution in [0.15, 0.2) is 59.5 Å². The highest BCUT2D eigenvalue weighted by molar-refractivity contribution is 8.00. The van der Waals surface area contributed by atoms with Crippen LogP contribution in [0.25, 0.3) is 0 Å². The van der Waals surface area contributed by atoms with Crippen molar-refractivity contribution in [1.29, 1.82) is 0 Å². The summed E-state index contributed by atoms with van der Waals surface area (Å²) in [5, 5.41) is 14.3. The first-order valence-electron chi connectivity index (χ1n) is 13.7. The standard InChI is InChI=1S/C32H24Cl4N2O6S2/c1-44-32(43)22-19-11-10-16(15-6-3-2-4-7-15)12-20(19)46-30(22)38-21(39)14-45-18-9-5-8-17(13-18)37-29(40)23-24(31(41)42)26(34)28(36)27(35)25(23)33/h2-9,13,16H,10-12,14H2,1H3,(H,37,40)(H,38,39)(H,41,42). The quantitative estimate of drug-likeness (QED) is 0.0678. The summed E-state index contributed by atoms with van der Waals surface area (Å²) in [7, 11) is 1.32. The molecule has 3 aromatic carbocycles. The Morgan fingerprint density at radius 2 is 1.61 bits per heavy atom. The number of benzene rings is 3. The minimum absolute atomic E-state index is 0.00457. The van der Waals surface area contributed by atoms with Crippen LogP contribution in [0.5, 0.6) is 0 Å². The van der Waals surface area contributed by atoms with Crippen LogP contribution in [0, 0.1) is 0 Å². The Morgan fingerprint density at radius 1 is 0.913 bits per heavy atom. The molecule has 1 atom stereocenters. The number of nitrogens with one attached hydrogen (secondary N) is 2. The van der Waals surface area contributed by atoms with Gasteiger partial charge in [0.15, 0.2) is 0 Å². The summed E-state index contributed by atoms with van der Waals surface area (Å²) in [6, 6.07) is 16.8. The number of thioether (sulfide) groups is 1. The second kappa shape index (κ2) is 14.7. The average Bonchev–Trinajstić information content (AvgIpc) is 3.41. The number of rotatable bonds is 9. The van der Waals surface area contributed by atoms with E-state index in [-0.39, 0.29) is 26.7 Å². The van der Waals surface area contributed by atoms with Crippen LogP contribution in [0.3, 0.4) is 0 Å². The first-order chi connectivity index (χ1) is 22.0. The Labute approximate surface area is 292 Å². The van der Waals surface area contributed by atoms with Crippen molar-refractivity contribution in [3.05, 3.63) is 107 Å². The largest absolute Gasteiger partial charge is 0.478 e. The monoisotopic (exact) mass is 736 g/mol. The van der Waals surface area contributed by atoms with Crippen molar-refractivity contribution < 1.29 is 29.0 Å². The number of anilines is 2. The van der Waals surface area contributed by atoms with Gasteiger partial charge in [-0.05, 0) is 54.5 Å². The second-order valence-electron chi connectivity index (χ2n) is 10.2. The number of thiophene rings is 1. The molecule has 238 valence electrons. The van der Waals surface area contributed by atoms with E-state index in [4.69, 9.17) is 51.1 Å². The summed E-state index contributed by atoms with van der Waals surface area (Å²) in [5.41, 5.74) is 1.84. The van der Waals surface area contributed by atoms with Gasteiger partial charge in [0.1, 0.15) is 5.00 Å². The summed E-state index contributed by atoms with van der Waals surface area (Å²) in [6.45, 7) is 0. The first-order valence-corrected chi connectivity index (χ1v) is 17.0. The van der Waals surface area contributed by atoms with Crippen molar-refractivity contribution >= 4 is 104 Å². The Kier molecular flexibility index (Phi) is 10.9. The van der Waals surface area contributed by atoms with Gasteiger partial charge in [-0.3, -0.25) is 9.59 Å². The summed E-state index contributed by atoms with van der Waals surface area (Å²) < 4.78 is 5.06. The molecule has 1 unspecified atom stereocenters. The number of carbonyl (C=O) groups is 4.